The molecule has 0 aromatic heterocycles. The SMILES string of the molecule is COC(=O)c1ccc(CN(C(C(N)=O)c2ccccc2)S(=O)(=O)c2ccccc2)cc1. The van der Waals surface area contributed by atoms with Gasteiger partial charge >= 0.3 is 5.97 Å². The van der Waals surface area contributed by atoms with Crippen molar-refractivity contribution in [2.24, 2.45) is 5.73 Å². The number of hydrogen-bond donors (Lipinski definition) is 1. The van der Waals surface area contributed by atoms with Crippen LogP contribution in [0.5, 0.6) is 0 Å². The van der Waals surface area contributed by atoms with E-state index in [9.17, 15) is 18.0 Å². The van der Waals surface area contributed by atoms with Gasteiger partial charge in [-0.25, -0.2) is 13.2 Å². The Morgan fingerprint density at radius 2 is 1.45 bits per heavy atom. The van der Waals surface area contributed by atoms with Gasteiger partial charge in [-0.1, -0.05) is 60.7 Å². The van der Waals surface area contributed by atoms with Gasteiger partial charge in [0, 0.05) is 6.54 Å². The minimum atomic E-state index is -4.08. The van der Waals surface area contributed by atoms with E-state index in [1.807, 2.05) is 0 Å². The first-order chi connectivity index (χ1) is 14.8. The summed E-state index contributed by atoms with van der Waals surface area (Å²) in [6.45, 7) is -0.124. The van der Waals surface area contributed by atoms with E-state index >= 15 is 0 Å². The third kappa shape index (κ3) is 4.99. The van der Waals surface area contributed by atoms with E-state index in [-0.39, 0.29) is 11.4 Å². The molecule has 1 amide bonds. The summed E-state index contributed by atoms with van der Waals surface area (Å²) < 4.78 is 32.8. The van der Waals surface area contributed by atoms with Crippen molar-refractivity contribution >= 4 is 21.9 Å². The molecule has 0 aliphatic heterocycles. The molecular formula is C23H22N2O5S. The summed E-state index contributed by atoms with van der Waals surface area (Å²) in [7, 11) is -2.80. The number of methoxy groups -OCH3 is 1. The van der Waals surface area contributed by atoms with Crippen LogP contribution in [-0.2, 0) is 26.1 Å². The zero-order valence-electron chi connectivity index (χ0n) is 16.8. The van der Waals surface area contributed by atoms with E-state index in [1.165, 1.54) is 31.4 Å². The summed E-state index contributed by atoms with van der Waals surface area (Å²) >= 11 is 0. The number of rotatable bonds is 8. The molecule has 0 aliphatic rings. The number of primary amides is 1. The Labute approximate surface area is 181 Å². The molecule has 0 spiro atoms. The van der Waals surface area contributed by atoms with E-state index in [1.54, 1.807) is 60.7 Å². The van der Waals surface area contributed by atoms with Crippen molar-refractivity contribution in [3.8, 4) is 0 Å². The van der Waals surface area contributed by atoms with Crippen LogP contribution in [0, 0.1) is 0 Å². The molecule has 0 bridgehead atoms. The Hall–Kier alpha value is -3.49. The van der Waals surface area contributed by atoms with Crippen molar-refractivity contribution in [2.45, 2.75) is 17.5 Å². The number of nitrogens with zero attached hydrogens (tertiary/aromatic N) is 1. The van der Waals surface area contributed by atoms with E-state index in [2.05, 4.69) is 0 Å². The Morgan fingerprint density at radius 1 is 0.903 bits per heavy atom. The van der Waals surface area contributed by atoms with E-state index in [4.69, 9.17) is 10.5 Å². The number of esters is 1. The monoisotopic (exact) mass is 438 g/mol. The van der Waals surface area contributed by atoms with Crippen molar-refractivity contribution < 1.29 is 22.7 Å². The van der Waals surface area contributed by atoms with Gasteiger partial charge in [0.2, 0.25) is 15.9 Å². The second kappa shape index (κ2) is 9.55. The van der Waals surface area contributed by atoms with Crippen molar-refractivity contribution in [1.29, 1.82) is 0 Å². The second-order valence-corrected chi connectivity index (χ2v) is 8.66. The van der Waals surface area contributed by atoms with Crippen LogP contribution in [0.25, 0.3) is 0 Å². The predicted octanol–water partition coefficient (Wildman–Crippen LogP) is 2.89. The summed E-state index contributed by atoms with van der Waals surface area (Å²) in [5.74, 6) is -1.29. The Bertz CT molecular complexity index is 1150. The summed E-state index contributed by atoms with van der Waals surface area (Å²) in [5, 5.41) is 0. The first-order valence-corrected chi connectivity index (χ1v) is 10.9. The molecule has 3 rings (SSSR count). The van der Waals surface area contributed by atoms with Gasteiger partial charge in [-0.3, -0.25) is 4.79 Å². The van der Waals surface area contributed by atoms with Crippen LogP contribution in [0.4, 0.5) is 0 Å². The first-order valence-electron chi connectivity index (χ1n) is 9.43. The molecule has 2 N–H and O–H groups in total. The summed E-state index contributed by atoms with van der Waals surface area (Å²) in [5.41, 5.74) is 7.04. The van der Waals surface area contributed by atoms with Crippen LogP contribution in [0.2, 0.25) is 0 Å². The van der Waals surface area contributed by atoms with Crippen LogP contribution >= 0.6 is 0 Å². The lowest BCUT2D eigenvalue weighted by atomic mass is 10.1. The van der Waals surface area contributed by atoms with E-state index in [0.29, 0.717) is 16.7 Å². The smallest absolute Gasteiger partial charge is 0.337 e. The topological polar surface area (TPSA) is 107 Å². The van der Waals surface area contributed by atoms with Gasteiger partial charge in [-0.05, 0) is 35.4 Å². The molecule has 1 atom stereocenters. The number of amides is 1. The van der Waals surface area contributed by atoms with Gasteiger partial charge in [0.25, 0.3) is 0 Å². The lowest BCUT2D eigenvalue weighted by Crippen LogP contribution is -2.41. The van der Waals surface area contributed by atoms with Crippen molar-refractivity contribution in [3.05, 3.63) is 102 Å². The first kappa shape index (κ1) is 22.2. The van der Waals surface area contributed by atoms with Crippen molar-refractivity contribution in [1.82, 2.24) is 4.31 Å². The molecule has 7 nitrogen and oxygen atoms in total. The fraction of sp³-hybridized carbons (Fsp3) is 0.130. The lowest BCUT2D eigenvalue weighted by Gasteiger charge is -2.29. The molecule has 0 aliphatic carbocycles. The number of ether oxygens (including phenoxy) is 1. The minimum absolute atomic E-state index is 0.0448. The number of carbonyl (C=O) groups excluding carboxylic acids is 2. The van der Waals surface area contributed by atoms with E-state index < -0.39 is 27.9 Å². The maximum Gasteiger partial charge on any atom is 0.337 e. The summed E-state index contributed by atoms with van der Waals surface area (Å²) in [6, 6.07) is 21.4. The fourth-order valence-corrected chi connectivity index (χ4v) is 4.79. The second-order valence-electron chi connectivity index (χ2n) is 6.77. The number of benzene rings is 3. The Morgan fingerprint density at radius 3 is 1.97 bits per heavy atom. The molecule has 160 valence electrons. The summed E-state index contributed by atoms with van der Waals surface area (Å²) in [6.07, 6.45) is 0. The molecule has 0 saturated heterocycles. The van der Waals surface area contributed by atoms with Gasteiger partial charge in [0.05, 0.1) is 17.6 Å². The van der Waals surface area contributed by atoms with Crippen LogP contribution in [0.3, 0.4) is 0 Å². The standard InChI is InChI=1S/C23H22N2O5S/c1-30-23(27)19-14-12-17(13-15-19)16-25(31(28,29)20-10-6-3-7-11-20)21(22(24)26)18-8-4-2-5-9-18/h2-15,21H,16H2,1H3,(H2,24,26). The minimum Gasteiger partial charge on any atom is -0.465 e. The molecule has 0 fully saturated rings. The highest BCUT2D eigenvalue weighted by Gasteiger charge is 2.36. The highest BCUT2D eigenvalue weighted by Crippen LogP contribution is 2.30. The molecule has 8 heteroatoms. The average Bonchev–Trinajstić information content (AvgIpc) is 2.79. The van der Waals surface area contributed by atoms with Crippen LogP contribution < -0.4 is 5.73 Å². The highest BCUT2D eigenvalue weighted by atomic mass is 32.2. The molecule has 1 unspecified atom stereocenters. The Kier molecular flexibility index (Phi) is 6.84. The zero-order valence-corrected chi connectivity index (χ0v) is 17.7. The van der Waals surface area contributed by atoms with Crippen LogP contribution in [-0.4, -0.2) is 31.7 Å². The van der Waals surface area contributed by atoms with Crippen LogP contribution in [0.15, 0.2) is 89.8 Å². The van der Waals surface area contributed by atoms with Gasteiger partial charge in [0.1, 0.15) is 6.04 Å². The third-order valence-corrected chi connectivity index (χ3v) is 6.56. The van der Waals surface area contributed by atoms with Gasteiger partial charge in [-0.15, -0.1) is 0 Å². The van der Waals surface area contributed by atoms with Gasteiger partial charge in [-0.2, -0.15) is 4.31 Å². The normalized spacial score (nSPS) is 12.3. The van der Waals surface area contributed by atoms with E-state index in [0.717, 1.165) is 4.31 Å². The summed E-state index contributed by atoms with van der Waals surface area (Å²) in [4.78, 5) is 24.2. The number of hydrogen-bond acceptors (Lipinski definition) is 5. The highest BCUT2D eigenvalue weighted by molar-refractivity contribution is 7.89. The lowest BCUT2D eigenvalue weighted by molar-refractivity contribution is -0.122. The number of sulfonamides is 1. The number of carbonyl (C=O) groups is 2. The molecule has 0 heterocycles. The van der Waals surface area contributed by atoms with Crippen molar-refractivity contribution in [2.75, 3.05) is 7.11 Å². The zero-order chi connectivity index (χ0) is 22.4. The molecule has 0 saturated carbocycles. The maximum absolute atomic E-state index is 13.5. The van der Waals surface area contributed by atoms with Crippen LogP contribution in [0.1, 0.15) is 27.5 Å². The molecular weight excluding hydrogens is 416 g/mol. The third-order valence-electron chi connectivity index (χ3n) is 4.74. The number of nitrogens with two attached hydrogens (primary N) is 1. The quantitative estimate of drug-likeness (QED) is 0.544. The molecule has 31 heavy (non-hydrogen) atoms. The average molecular weight is 439 g/mol. The molecule has 3 aromatic carbocycles. The molecule has 3 aromatic rings. The fourth-order valence-electron chi connectivity index (χ4n) is 3.19. The predicted molar refractivity (Wildman–Crippen MR) is 115 cm³/mol. The van der Waals surface area contributed by atoms with Crippen molar-refractivity contribution in [3.63, 3.8) is 0 Å². The van der Waals surface area contributed by atoms with Gasteiger partial charge in [0.15, 0.2) is 0 Å². The molecule has 0 radical (unpaired) electrons. The van der Waals surface area contributed by atoms with Gasteiger partial charge < -0.3 is 10.5 Å². The maximum atomic E-state index is 13.5. The largest absolute Gasteiger partial charge is 0.465 e. The Balaban J connectivity index is 2.08.